The van der Waals surface area contributed by atoms with E-state index in [0.29, 0.717) is 5.16 Å². The molecule has 0 bridgehead atoms. The van der Waals surface area contributed by atoms with E-state index in [1.54, 1.807) is 6.20 Å². The van der Waals surface area contributed by atoms with Crippen molar-refractivity contribution in [3.8, 4) is 0 Å². The van der Waals surface area contributed by atoms with E-state index >= 15 is 0 Å². The Morgan fingerprint density at radius 3 is 3.05 bits per heavy atom. The minimum atomic E-state index is -0.137. The molecule has 4 N–H and O–H groups in total. The van der Waals surface area contributed by atoms with Crippen molar-refractivity contribution in [2.75, 3.05) is 11.5 Å². The maximum atomic E-state index is 11.9. The molecule has 0 aliphatic heterocycles. The van der Waals surface area contributed by atoms with Crippen molar-refractivity contribution >= 4 is 23.6 Å². The van der Waals surface area contributed by atoms with Gasteiger partial charge in [0.25, 0.3) is 0 Å². The molecule has 0 radical (unpaired) electrons. The second-order valence-electron chi connectivity index (χ2n) is 4.29. The fourth-order valence-corrected chi connectivity index (χ4v) is 2.37. The SMILES string of the molecule is Cc1cccnc1C(C)NC(=O)CSc1n[nH]c(N)n1. The van der Waals surface area contributed by atoms with Crippen LogP contribution >= 0.6 is 11.8 Å². The van der Waals surface area contributed by atoms with Gasteiger partial charge in [-0.2, -0.15) is 4.98 Å². The zero-order valence-corrected chi connectivity index (χ0v) is 12.1. The van der Waals surface area contributed by atoms with Crippen LogP contribution in [0.4, 0.5) is 5.95 Å². The molecule has 0 aliphatic carbocycles. The van der Waals surface area contributed by atoms with Crippen molar-refractivity contribution in [3.63, 3.8) is 0 Å². The molecule has 1 amide bonds. The lowest BCUT2D eigenvalue weighted by atomic mass is 10.1. The van der Waals surface area contributed by atoms with Crippen molar-refractivity contribution in [1.82, 2.24) is 25.5 Å². The Bertz CT molecular complexity index is 599. The van der Waals surface area contributed by atoms with Crippen molar-refractivity contribution in [3.05, 3.63) is 29.6 Å². The summed E-state index contributed by atoms with van der Waals surface area (Å²) in [7, 11) is 0. The van der Waals surface area contributed by atoms with E-state index in [0.717, 1.165) is 11.3 Å². The zero-order valence-electron chi connectivity index (χ0n) is 11.3. The number of aromatic nitrogens is 4. The topological polar surface area (TPSA) is 110 Å². The van der Waals surface area contributed by atoms with Gasteiger partial charge in [0, 0.05) is 6.20 Å². The summed E-state index contributed by atoms with van der Waals surface area (Å²) in [4.78, 5) is 20.1. The van der Waals surface area contributed by atoms with Gasteiger partial charge >= 0.3 is 0 Å². The first-order valence-electron chi connectivity index (χ1n) is 6.08. The van der Waals surface area contributed by atoms with Gasteiger partial charge in [0.1, 0.15) is 0 Å². The lowest BCUT2D eigenvalue weighted by Gasteiger charge is -2.14. The molecular formula is C12H16N6OS. The van der Waals surface area contributed by atoms with Gasteiger partial charge in [0.05, 0.1) is 17.5 Å². The number of hydrogen-bond donors (Lipinski definition) is 3. The third-order valence-corrected chi connectivity index (χ3v) is 3.50. The number of carbonyl (C=O) groups is 1. The van der Waals surface area contributed by atoms with Crippen LogP contribution in [-0.2, 0) is 4.79 Å². The van der Waals surface area contributed by atoms with Gasteiger partial charge in [-0.25, -0.2) is 5.10 Å². The number of hydrogen-bond acceptors (Lipinski definition) is 6. The van der Waals surface area contributed by atoms with Crippen LogP contribution in [0.2, 0.25) is 0 Å². The van der Waals surface area contributed by atoms with E-state index in [1.807, 2.05) is 26.0 Å². The molecule has 2 aromatic heterocycles. The number of nitrogen functional groups attached to an aromatic ring is 1. The third kappa shape index (κ3) is 3.70. The number of thioether (sulfide) groups is 1. The van der Waals surface area contributed by atoms with Crippen LogP contribution in [0.1, 0.15) is 24.2 Å². The molecule has 0 fully saturated rings. The normalized spacial score (nSPS) is 12.1. The van der Waals surface area contributed by atoms with Gasteiger partial charge in [-0.3, -0.25) is 9.78 Å². The van der Waals surface area contributed by atoms with Crippen LogP contribution in [-0.4, -0.2) is 31.8 Å². The van der Waals surface area contributed by atoms with Crippen molar-refractivity contribution in [2.45, 2.75) is 25.0 Å². The van der Waals surface area contributed by atoms with Crippen LogP contribution in [0.3, 0.4) is 0 Å². The van der Waals surface area contributed by atoms with Crippen LogP contribution in [0, 0.1) is 6.92 Å². The average molecular weight is 292 g/mol. The summed E-state index contributed by atoms with van der Waals surface area (Å²) >= 11 is 1.22. The molecule has 2 rings (SSSR count). The molecule has 20 heavy (non-hydrogen) atoms. The van der Waals surface area contributed by atoms with E-state index in [2.05, 4.69) is 25.5 Å². The monoisotopic (exact) mass is 292 g/mol. The summed E-state index contributed by atoms with van der Waals surface area (Å²) in [5, 5.41) is 9.72. The molecule has 0 saturated carbocycles. The summed E-state index contributed by atoms with van der Waals surface area (Å²) in [5.41, 5.74) is 7.33. The Kier molecular flexibility index (Phi) is 4.57. The highest BCUT2D eigenvalue weighted by molar-refractivity contribution is 7.99. The number of nitrogens with zero attached hydrogens (tertiary/aromatic N) is 3. The second kappa shape index (κ2) is 6.38. The largest absolute Gasteiger partial charge is 0.368 e. The van der Waals surface area contributed by atoms with Gasteiger partial charge in [-0.1, -0.05) is 17.8 Å². The maximum Gasteiger partial charge on any atom is 0.231 e. The number of rotatable bonds is 5. The zero-order chi connectivity index (χ0) is 14.5. The number of amides is 1. The van der Waals surface area contributed by atoms with E-state index < -0.39 is 0 Å². The fraction of sp³-hybridized carbons (Fsp3) is 0.333. The number of pyridine rings is 1. The molecular weight excluding hydrogens is 276 g/mol. The summed E-state index contributed by atoms with van der Waals surface area (Å²) in [6.07, 6.45) is 1.72. The number of nitrogens with two attached hydrogens (primary N) is 1. The molecule has 0 saturated heterocycles. The number of aromatic amines is 1. The minimum absolute atomic E-state index is 0.101. The summed E-state index contributed by atoms with van der Waals surface area (Å²) in [5.74, 6) is 0.370. The molecule has 0 aliphatic rings. The highest BCUT2D eigenvalue weighted by Crippen LogP contribution is 2.15. The smallest absolute Gasteiger partial charge is 0.231 e. The van der Waals surface area contributed by atoms with Crippen LogP contribution in [0.25, 0.3) is 0 Å². The lowest BCUT2D eigenvalue weighted by molar-refractivity contribution is -0.119. The van der Waals surface area contributed by atoms with Crippen LogP contribution in [0.5, 0.6) is 0 Å². The van der Waals surface area contributed by atoms with Crippen molar-refractivity contribution in [1.29, 1.82) is 0 Å². The molecule has 106 valence electrons. The number of nitrogens with one attached hydrogen (secondary N) is 2. The third-order valence-electron chi connectivity index (χ3n) is 2.65. The molecule has 1 atom stereocenters. The summed E-state index contributed by atoms with van der Waals surface area (Å²) in [6.45, 7) is 3.87. The Morgan fingerprint density at radius 1 is 1.60 bits per heavy atom. The van der Waals surface area contributed by atoms with Crippen LogP contribution in [0.15, 0.2) is 23.5 Å². The first kappa shape index (κ1) is 14.3. The highest BCUT2D eigenvalue weighted by atomic mass is 32.2. The van der Waals surface area contributed by atoms with Crippen molar-refractivity contribution < 1.29 is 4.79 Å². The second-order valence-corrected chi connectivity index (χ2v) is 5.23. The molecule has 0 spiro atoms. The van der Waals surface area contributed by atoms with Gasteiger partial charge in [-0.05, 0) is 25.5 Å². The van der Waals surface area contributed by atoms with E-state index in [1.165, 1.54) is 11.8 Å². The van der Waals surface area contributed by atoms with E-state index in [4.69, 9.17) is 5.73 Å². The molecule has 0 aromatic carbocycles. The lowest BCUT2D eigenvalue weighted by Crippen LogP contribution is -2.29. The Hall–Kier alpha value is -2.09. The maximum absolute atomic E-state index is 11.9. The summed E-state index contributed by atoms with van der Waals surface area (Å²) < 4.78 is 0. The number of aryl methyl sites for hydroxylation is 1. The first-order chi connectivity index (χ1) is 9.56. The quantitative estimate of drug-likeness (QED) is 0.711. The molecule has 1 unspecified atom stereocenters. The molecule has 2 heterocycles. The van der Waals surface area contributed by atoms with Gasteiger partial charge in [-0.15, -0.1) is 5.10 Å². The standard InChI is InChI=1S/C12H16N6OS/c1-7-4-3-5-14-10(7)8(2)15-9(19)6-20-12-16-11(13)17-18-12/h3-5,8H,6H2,1-2H3,(H,15,19)(H3,13,16,17,18). The Balaban J connectivity index is 1.87. The predicted octanol–water partition coefficient (Wildman–Crippen LogP) is 1.06. The number of carbonyl (C=O) groups excluding carboxylic acids is 1. The first-order valence-corrected chi connectivity index (χ1v) is 7.06. The van der Waals surface area contributed by atoms with Crippen molar-refractivity contribution in [2.24, 2.45) is 0 Å². The summed E-state index contributed by atoms with van der Waals surface area (Å²) in [6, 6.07) is 3.70. The number of anilines is 1. The molecule has 2 aromatic rings. The van der Waals surface area contributed by atoms with Crippen LogP contribution < -0.4 is 11.1 Å². The molecule has 7 nitrogen and oxygen atoms in total. The van der Waals surface area contributed by atoms with Gasteiger partial charge in [0.2, 0.25) is 17.0 Å². The number of H-pyrrole nitrogens is 1. The average Bonchev–Trinajstić information content (AvgIpc) is 2.82. The molecule has 8 heteroatoms. The van der Waals surface area contributed by atoms with E-state index in [9.17, 15) is 4.79 Å². The fourth-order valence-electron chi connectivity index (χ4n) is 1.76. The Morgan fingerprint density at radius 2 is 2.40 bits per heavy atom. The Labute approximate surface area is 120 Å². The van der Waals surface area contributed by atoms with Gasteiger partial charge in [0.15, 0.2) is 0 Å². The highest BCUT2D eigenvalue weighted by Gasteiger charge is 2.13. The van der Waals surface area contributed by atoms with Gasteiger partial charge < -0.3 is 11.1 Å². The van der Waals surface area contributed by atoms with E-state index in [-0.39, 0.29) is 23.7 Å². The predicted molar refractivity (Wildman–Crippen MR) is 77.1 cm³/mol. The minimum Gasteiger partial charge on any atom is -0.368 e.